The molecule has 0 spiro atoms. The largest absolute Gasteiger partial charge is 0.357 e. The predicted octanol–water partition coefficient (Wildman–Crippen LogP) is 4.31. The highest BCUT2D eigenvalue weighted by Gasteiger charge is 2.28. The van der Waals surface area contributed by atoms with E-state index in [-0.39, 0.29) is 24.0 Å². The lowest BCUT2D eigenvalue weighted by Crippen LogP contribution is -2.49. The third-order valence-electron chi connectivity index (χ3n) is 4.79. The van der Waals surface area contributed by atoms with E-state index in [9.17, 15) is 0 Å². The van der Waals surface area contributed by atoms with Crippen molar-refractivity contribution in [2.45, 2.75) is 32.9 Å². The normalized spacial score (nSPS) is 20.6. The molecule has 1 saturated heterocycles. The second-order valence-corrected chi connectivity index (χ2v) is 7.50. The van der Waals surface area contributed by atoms with Gasteiger partial charge in [0.15, 0.2) is 5.96 Å². The lowest BCUT2D eigenvalue weighted by atomic mass is 9.93. The molecule has 5 nitrogen and oxygen atoms in total. The van der Waals surface area contributed by atoms with Crippen molar-refractivity contribution in [3.05, 3.63) is 53.0 Å². The van der Waals surface area contributed by atoms with E-state index in [2.05, 4.69) is 80.0 Å². The van der Waals surface area contributed by atoms with Crippen LogP contribution in [0.3, 0.4) is 0 Å². The fourth-order valence-corrected chi connectivity index (χ4v) is 3.54. The number of piperidine rings is 1. The van der Waals surface area contributed by atoms with E-state index in [1.165, 1.54) is 5.56 Å². The molecule has 3 rings (SSSR count). The Morgan fingerprint density at radius 1 is 1.35 bits per heavy atom. The molecule has 0 bridgehead atoms. The maximum absolute atomic E-state index is 4.87. The van der Waals surface area contributed by atoms with Crippen LogP contribution in [0.1, 0.15) is 31.9 Å². The maximum Gasteiger partial charge on any atom is 0.194 e. The smallest absolute Gasteiger partial charge is 0.194 e. The summed E-state index contributed by atoms with van der Waals surface area (Å²) in [5.41, 5.74) is 1.22. The van der Waals surface area contributed by atoms with Crippen molar-refractivity contribution in [2.75, 3.05) is 19.6 Å². The minimum atomic E-state index is 0. The number of aliphatic imine (C=N–C) groups is 1. The highest BCUT2D eigenvalue weighted by Crippen LogP contribution is 2.27. The summed E-state index contributed by atoms with van der Waals surface area (Å²) in [4.78, 5) is 11.5. The predicted molar refractivity (Wildman–Crippen MR) is 121 cm³/mol. The molecule has 2 heterocycles. The monoisotopic (exact) mass is 531 g/mol. The van der Waals surface area contributed by atoms with E-state index in [0.29, 0.717) is 18.5 Å². The molecule has 2 atom stereocenters. The van der Waals surface area contributed by atoms with Crippen molar-refractivity contribution in [3.8, 4) is 0 Å². The number of halogens is 2. The Kier molecular flexibility index (Phi) is 8.40. The maximum atomic E-state index is 4.87. The lowest BCUT2D eigenvalue weighted by Gasteiger charge is -2.39. The van der Waals surface area contributed by atoms with Crippen LogP contribution in [-0.2, 0) is 6.54 Å². The molecular weight excluding hydrogens is 505 g/mol. The average Bonchev–Trinajstić information content (AvgIpc) is 3.15. The number of benzene rings is 1. The Labute approximate surface area is 181 Å². The molecule has 1 aromatic heterocycles. The summed E-state index contributed by atoms with van der Waals surface area (Å²) in [6, 6.07) is 8.80. The molecule has 1 fully saturated rings. The van der Waals surface area contributed by atoms with E-state index < -0.39 is 0 Å². The van der Waals surface area contributed by atoms with Crippen molar-refractivity contribution >= 4 is 45.9 Å². The Hall–Kier alpha value is -1.09. The van der Waals surface area contributed by atoms with Gasteiger partial charge in [-0.2, -0.15) is 0 Å². The molecule has 1 aliphatic rings. The number of aromatic nitrogens is 2. The second-order valence-electron chi connectivity index (χ2n) is 6.59. The van der Waals surface area contributed by atoms with Gasteiger partial charge in [0.25, 0.3) is 0 Å². The fraction of sp³-hybridized carbons (Fsp3) is 0.474. The molecule has 1 N–H and O–H groups in total. The summed E-state index contributed by atoms with van der Waals surface area (Å²) in [5.74, 6) is 1.64. The molecular formula is C19H27BrIN5. The number of nitrogens with one attached hydrogen (secondary N) is 1. The molecule has 26 heavy (non-hydrogen) atoms. The average molecular weight is 532 g/mol. The summed E-state index contributed by atoms with van der Waals surface area (Å²) in [5, 5.41) is 3.46. The molecule has 2 aromatic rings. The Bertz CT molecular complexity index is 686. The van der Waals surface area contributed by atoms with Crippen LogP contribution in [0.5, 0.6) is 0 Å². The summed E-state index contributed by atoms with van der Waals surface area (Å²) in [6.45, 7) is 8.02. The minimum Gasteiger partial charge on any atom is -0.357 e. The zero-order valence-electron chi connectivity index (χ0n) is 15.3. The molecule has 0 amide bonds. The van der Waals surface area contributed by atoms with Crippen LogP contribution in [0.2, 0.25) is 0 Å². The van der Waals surface area contributed by atoms with Gasteiger partial charge in [-0.15, -0.1) is 24.0 Å². The van der Waals surface area contributed by atoms with Gasteiger partial charge in [-0.25, -0.2) is 9.98 Å². The first-order valence-corrected chi connectivity index (χ1v) is 9.71. The van der Waals surface area contributed by atoms with Crippen molar-refractivity contribution in [2.24, 2.45) is 10.9 Å². The SMILES string of the molecule is CCNC(=NCc1ccc(Br)cc1)N1CCC(C)C(n2ccnc2)C1.I. The van der Waals surface area contributed by atoms with Crippen LogP contribution in [0.4, 0.5) is 0 Å². The minimum absolute atomic E-state index is 0. The summed E-state index contributed by atoms with van der Waals surface area (Å²) >= 11 is 3.48. The van der Waals surface area contributed by atoms with Gasteiger partial charge in [-0.1, -0.05) is 35.0 Å². The molecule has 0 aliphatic carbocycles. The number of rotatable bonds is 4. The highest BCUT2D eigenvalue weighted by atomic mass is 127. The Balaban J connectivity index is 0.00000243. The first kappa shape index (κ1) is 21.2. The third kappa shape index (κ3) is 5.45. The van der Waals surface area contributed by atoms with Gasteiger partial charge in [0.1, 0.15) is 0 Å². The van der Waals surface area contributed by atoms with E-state index >= 15 is 0 Å². The van der Waals surface area contributed by atoms with Crippen LogP contribution in [0, 0.1) is 5.92 Å². The van der Waals surface area contributed by atoms with E-state index in [0.717, 1.165) is 36.5 Å². The second kappa shape index (κ2) is 10.3. The van der Waals surface area contributed by atoms with E-state index in [4.69, 9.17) is 4.99 Å². The topological polar surface area (TPSA) is 45.5 Å². The van der Waals surface area contributed by atoms with Gasteiger partial charge in [0.2, 0.25) is 0 Å². The standard InChI is InChI=1S/C19H26BrN5.HI/c1-3-22-19(23-12-16-4-6-17(20)7-5-16)24-10-8-15(2)18(13-24)25-11-9-21-14-25;/h4-7,9,11,14-15,18H,3,8,10,12-13H2,1-2H3,(H,22,23);1H. The van der Waals surface area contributed by atoms with Crippen LogP contribution in [-0.4, -0.2) is 40.0 Å². The van der Waals surface area contributed by atoms with Crippen molar-refractivity contribution in [1.29, 1.82) is 0 Å². The highest BCUT2D eigenvalue weighted by molar-refractivity contribution is 14.0. The van der Waals surface area contributed by atoms with Gasteiger partial charge >= 0.3 is 0 Å². The van der Waals surface area contributed by atoms with Crippen LogP contribution < -0.4 is 5.32 Å². The lowest BCUT2D eigenvalue weighted by molar-refractivity contribution is 0.189. The molecule has 0 saturated carbocycles. The van der Waals surface area contributed by atoms with Gasteiger partial charge in [-0.05, 0) is 37.0 Å². The van der Waals surface area contributed by atoms with Gasteiger partial charge in [0, 0.05) is 36.5 Å². The van der Waals surface area contributed by atoms with Gasteiger partial charge in [-0.3, -0.25) is 0 Å². The molecule has 0 radical (unpaired) electrons. The third-order valence-corrected chi connectivity index (χ3v) is 5.31. The van der Waals surface area contributed by atoms with E-state index in [1.807, 2.05) is 12.5 Å². The fourth-order valence-electron chi connectivity index (χ4n) is 3.28. The number of imidazole rings is 1. The van der Waals surface area contributed by atoms with Gasteiger partial charge < -0.3 is 14.8 Å². The van der Waals surface area contributed by atoms with Crippen LogP contribution in [0.25, 0.3) is 0 Å². The first-order valence-electron chi connectivity index (χ1n) is 8.92. The zero-order valence-corrected chi connectivity index (χ0v) is 19.2. The number of nitrogens with zero attached hydrogens (tertiary/aromatic N) is 4. The van der Waals surface area contributed by atoms with Crippen molar-refractivity contribution < 1.29 is 0 Å². The summed E-state index contributed by atoms with van der Waals surface area (Å²) in [6.07, 6.45) is 7.01. The Morgan fingerprint density at radius 3 is 2.77 bits per heavy atom. The summed E-state index contributed by atoms with van der Waals surface area (Å²) < 4.78 is 3.33. The van der Waals surface area contributed by atoms with Crippen LogP contribution >= 0.6 is 39.9 Å². The number of guanidine groups is 1. The molecule has 1 aliphatic heterocycles. The number of likely N-dealkylation sites (tertiary alicyclic amines) is 1. The Morgan fingerprint density at radius 2 is 2.12 bits per heavy atom. The summed E-state index contributed by atoms with van der Waals surface area (Å²) in [7, 11) is 0. The molecule has 2 unspecified atom stereocenters. The van der Waals surface area contributed by atoms with Crippen molar-refractivity contribution in [1.82, 2.24) is 19.8 Å². The van der Waals surface area contributed by atoms with E-state index in [1.54, 1.807) is 0 Å². The zero-order chi connectivity index (χ0) is 17.6. The van der Waals surface area contributed by atoms with Crippen molar-refractivity contribution in [3.63, 3.8) is 0 Å². The molecule has 142 valence electrons. The first-order chi connectivity index (χ1) is 12.2. The molecule has 7 heteroatoms. The number of hydrogen-bond donors (Lipinski definition) is 1. The van der Waals surface area contributed by atoms with Crippen LogP contribution in [0.15, 0.2) is 52.5 Å². The number of hydrogen-bond acceptors (Lipinski definition) is 2. The van der Waals surface area contributed by atoms with Gasteiger partial charge in [0.05, 0.1) is 18.9 Å². The molecule has 1 aromatic carbocycles. The quantitative estimate of drug-likeness (QED) is 0.363.